The number of imide groups is 1. The number of methoxy groups -OCH3 is 2. The van der Waals surface area contributed by atoms with Crippen LogP contribution in [0.2, 0.25) is 5.02 Å². The Morgan fingerprint density at radius 1 is 0.815 bits per heavy atom. The van der Waals surface area contributed by atoms with Crippen molar-refractivity contribution in [1.82, 2.24) is 26.3 Å². The lowest BCUT2D eigenvalue weighted by molar-refractivity contribution is -0.288. The largest absolute Gasteiger partial charge is 0.495 e. The molecule has 0 bridgehead atoms. The molecule has 0 spiro atoms. The highest BCUT2D eigenvalue weighted by atomic mass is 35.5. The number of halogens is 1. The molecule has 0 saturated carbocycles. The molecule has 0 aliphatic carbocycles. The molecule has 2 aromatic carbocycles. The number of nitrogens with one attached hydrogen (secondary N) is 4. The molecule has 4 aliphatic rings. The van der Waals surface area contributed by atoms with Crippen LogP contribution in [-0.4, -0.2) is 174 Å². The predicted molar refractivity (Wildman–Crippen MR) is 327 cm³/mol. The Kier molecular flexibility index (Phi) is 27.4. The minimum Gasteiger partial charge on any atom is -0.495 e. The Labute approximate surface area is 539 Å². The molecule has 0 aromatic heterocycles. The number of esters is 2. The standard InChI is InChI=1S/C65H88ClN5O21/c1-34(2)28-47-62(84)88-45(12-10-13-50(75)69-42(30-38-19-24-46(86-8)41(66)29-38)61(83)68-33-65(6,7)64(85)90-47)36(5)59-60(91-59)39-20-16-37(17-21-39)18-23-43(72)40(22-25-49(74)67-32-48-56(80)57(81)58(82)63(87-9)89-48)31-44(73)55(35(3)4)70-51(76)14-11-15-54(79)92-71-52(77)26-27-53(71)78/h10,13,16-17,19-21,24,29,34-36,40,42,45,47-48,55-60,63,80-82H,11-12,14-15,18,22-23,25-28,30-33H2,1-9H3,(H,67,74)(H,68,83)(H,69,75)(H,70,76)/b13-10+/t36-,40+,42+,45-,47-,48+,55-,56+,57-,58+,59+,60+,63+/m0/s1. The SMILES string of the molecule is COc1ccc(C[C@H]2NC(=O)/C=C/C[C@@H]([C@H](C)[C@H]3O[C@@H]3c3ccc(CCC(=O)[C@H](CCC(=O)NC[C@H]4O[C@@H](OC)[C@H](O)[C@@H](O)[C@@H]4O)CC(=O)[C@@H](NC(=O)CCCC(=O)ON4C(=O)CCC4=O)C(C)C)cc3)OC(=O)[C@H](CC(C)C)OC(=O)C(C)(C)CNC2=O)cc1Cl. The molecule has 0 unspecified atom stereocenters. The third-order valence-corrected chi connectivity index (χ3v) is 16.9. The van der Waals surface area contributed by atoms with Crippen molar-refractivity contribution in [3.8, 4) is 5.75 Å². The highest BCUT2D eigenvalue weighted by Gasteiger charge is 2.49. The zero-order valence-electron chi connectivity index (χ0n) is 53.5. The van der Waals surface area contributed by atoms with E-state index in [2.05, 4.69) is 21.3 Å². The molecule has 13 atom stereocenters. The molecule has 6 amide bonds. The lowest BCUT2D eigenvalue weighted by Crippen LogP contribution is -2.60. The first kappa shape index (κ1) is 73.8. The van der Waals surface area contributed by atoms with Gasteiger partial charge in [-0.25, -0.2) is 9.59 Å². The average Bonchev–Trinajstić information content (AvgIpc) is 1.63. The van der Waals surface area contributed by atoms with Crippen molar-refractivity contribution in [3.05, 3.63) is 76.3 Å². The van der Waals surface area contributed by atoms with E-state index >= 15 is 0 Å². The van der Waals surface area contributed by atoms with Gasteiger partial charge in [-0.05, 0) is 86.3 Å². The summed E-state index contributed by atoms with van der Waals surface area (Å²) in [7, 11) is 2.70. The van der Waals surface area contributed by atoms with Crippen LogP contribution in [0.4, 0.5) is 0 Å². The summed E-state index contributed by atoms with van der Waals surface area (Å²) in [5.74, 6) is -8.55. The van der Waals surface area contributed by atoms with Crippen molar-refractivity contribution in [2.24, 2.45) is 29.1 Å². The van der Waals surface area contributed by atoms with Gasteiger partial charge in [-0.15, -0.1) is 5.06 Å². The maximum atomic E-state index is 14.2. The number of ketones is 2. The van der Waals surface area contributed by atoms with Crippen LogP contribution in [0.5, 0.6) is 5.75 Å². The lowest BCUT2D eigenvalue weighted by Gasteiger charge is -2.39. The second kappa shape index (κ2) is 34.1. The number of carbonyl (C=O) groups is 11. The summed E-state index contributed by atoms with van der Waals surface area (Å²) in [4.78, 5) is 151. The van der Waals surface area contributed by atoms with E-state index in [1.807, 2.05) is 45.0 Å². The number of epoxide rings is 1. The fraction of sp³-hybridized carbons (Fsp3) is 0.615. The molecule has 506 valence electrons. The molecule has 2 aromatic rings. The Morgan fingerprint density at radius 2 is 1.50 bits per heavy atom. The van der Waals surface area contributed by atoms with E-state index in [1.165, 1.54) is 26.4 Å². The highest BCUT2D eigenvalue weighted by Crippen LogP contribution is 2.45. The van der Waals surface area contributed by atoms with Crippen LogP contribution in [0.3, 0.4) is 0 Å². The molecule has 27 heteroatoms. The average molecular weight is 1310 g/mol. The summed E-state index contributed by atoms with van der Waals surface area (Å²) in [6.45, 7) is 11.6. The van der Waals surface area contributed by atoms with Crippen molar-refractivity contribution in [2.45, 2.75) is 199 Å². The highest BCUT2D eigenvalue weighted by molar-refractivity contribution is 6.32. The monoisotopic (exact) mass is 1310 g/mol. The van der Waals surface area contributed by atoms with Gasteiger partial charge in [-0.3, -0.25) is 43.2 Å². The molecule has 3 fully saturated rings. The van der Waals surface area contributed by atoms with E-state index in [1.54, 1.807) is 45.9 Å². The zero-order valence-corrected chi connectivity index (χ0v) is 54.2. The maximum absolute atomic E-state index is 14.2. The van der Waals surface area contributed by atoms with Crippen LogP contribution in [0.1, 0.15) is 142 Å². The molecule has 26 nitrogen and oxygen atoms in total. The van der Waals surface area contributed by atoms with Gasteiger partial charge < -0.3 is 69.8 Å². The lowest BCUT2D eigenvalue weighted by atomic mass is 9.85. The van der Waals surface area contributed by atoms with Gasteiger partial charge in [0.15, 0.2) is 18.2 Å². The number of aliphatic hydroxyl groups excluding tert-OH is 3. The normalized spacial score (nSPS) is 26.0. The molecule has 6 rings (SSSR count). The number of aliphatic hydroxyl groups is 3. The summed E-state index contributed by atoms with van der Waals surface area (Å²) >= 11 is 6.40. The van der Waals surface area contributed by atoms with Crippen molar-refractivity contribution >= 4 is 76.5 Å². The molecular weight excluding hydrogens is 1220 g/mol. The predicted octanol–water partition coefficient (Wildman–Crippen LogP) is 3.47. The van der Waals surface area contributed by atoms with Gasteiger partial charge in [0, 0.05) is 89.8 Å². The summed E-state index contributed by atoms with van der Waals surface area (Å²) < 4.78 is 34.1. The Balaban J connectivity index is 1.12. The minimum absolute atomic E-state index is 0.0316. The van der Waals surface area contributed by atoms with Gasteiger partial charge in [0.05, 0.1) is 29.7 Å². The number of hydrogen-bond donors (Lipinski definition) is 7. The topological polar surface area (TPSA) is 368 Å². The second-order valence-electron chi connectivity index (χ2n) is 25.2. The van der Waals surface area contributed by atoms with E-state index < -0.39 is 150 Å². The Bertz CT molecular complexity index is 2990. The quantitative estimate of drug-likeness (QED) is 0.0364. The molecule has 0 radical (unpaired) electrons. The van der Waals surface area contributed by atoms with Gasteiger partial charge >= 0.3 is 17.9 Å². The van der Waals surface area contributed by atoms with Crippen LogP contribution in [0.15, 0.2) is 54.6 Å². The molecule has 7 N–H and O–H groups in total. The second-order valence-corrected chi connectivity index (χ2v) is 25.6. The van der Waals surface area contributed by atoms with E-state index in [0.29, 0.717) is 21.4 Å². The number of carbonyl (C=O) groups excluding carboxylic acids is 11. The number of Topliss-reactive ketones (excluding diaryl/α,β-unsaturated/α-hetero) is 2. The first-order valence-corrected chi connectivity index (χ1v) is 31.5. The van der Waals surface area contributed by atoms with Gasteiger partial charge in [-0.1, -0.05) is 82.6 Å². The van der Waals surface area contributed by atoms with E-state index in [4.69, 9.17) is 44.9 Å². The van der Waals surface area contributed by atoms with Crippen LogP contribution in [-0.2, 0) is 94.1 Å². The first-order valence-electron chi connectivity index (χ1n) is 31.1. The Hall–Kier alpha value is -7.20. The number of hydroxylamine groups is 2. The fourth-order valence-electron chi connectivity index (χ4n) is 10.9. The first-order chi connectivity index (χ1) is 43.5. The van der Waals surface area contributed by atoms with Crippen LogP contribution in [0.25, 0.3) is 0 Å². The molecule has 4 heterocycles. The third-order valence-electron chi connectivity index (χ3n) is 16.6. The number of amides is 6. The van der Waals surface area contributed by atoms with E-state index in [-0.39, 0.29) is 108 Å². The van der Waals surface area contributed by atoms with Crippen LogP contribution in [0, 0.1) is 29.1 Å². The zero-order chi connectivity index (χ0) is 67.7. The van der Waals surface area contributed by atoms with Gasteiger partial charge in [0.25, 0.3) is 11.8 Å². The molecule has 4 aliphatic heterocycles. The van der Waals surface area contributed by atoms with Gasteiger partial charge in [-0.2, -0.15) is 0 Å². The summed E-state index contributed by atoms with van der Waals surface area (Å²) in [6, 6.07) is 10.1. The maximum Gasteiger partial charge on any atom is 0.347 e. The van der Waals surface area contributed by atoms with Gasteiger partial charge in [0.1, 0.15) is 54.2 Å². The van der Waals surface area contributed by atoms with Crippen molar-refractivity contribution in [3.63, 3.8) is 0 Å². The number of aryl methyl sites for hydroxylation is 1. The third kappa shape index (κ3) is 21.2. The van der Waals surface area contributed by atoms with E-state index in [0.717, 1.165) is 11.1 Å². The molecule has 3 saturated heterocycles. The van der Waals surface area contributed by atoms with Crippen molar-refractivity contribution in [1.29, 1.82) is 0 Å². The molecular formula is C65H88ClN5O21. The summed E-state index contributed by atoms with van der Waals surface area (Å²) in [5, 5.41) is 42.6. The number of benzene rings is 2. The minimum atomic E-state index is -1.64. The number of hydrogen-bond acceptors (Lipinski definition) is 21. The smallest absolute Gasteiger partial charge is 0.347 e. The summed E-state index contributed by atoms with van der Waals surface area (Å²) in [5.41, 5.74) is 0.815. The fourth-order valence-corrected chi connectivity index (χ4v) is 11.1. The van der Waals surface area contributed by atoms with Crippen LogP contribution >= 0.6 is 11.6 Å². The van der Waals surface area contributed by atoms with E-state index in [9.17, 15) is 68.1 Å². The van der Waals surface area contributed by atoms with Crippen LogP contribution < -0.4 is 26.0 Å². The number of cyclic esters (lactones) is 2. The molecule has 92 heavy (non-hydrogen) atoms. The van der Waals surface area contributed by atoms with Gasteiger partial charge in [0.2, 0.25) is 23.6 Å². The number of rotatable bonds is 28. The van der Waals surface area contributed by atoms with Crippen molar-refractivity contribution < 1.29 is 101 Å². The van der Waals surface area contributed by atoms with Crippen molar-refractivity contribution in [2.75, 3.05) is 27.3 Å². The Morgan fingerprint density at radius 3 is 2.14 bits per heavy atom. The summed E-state index contributed by atoms with van der Waals surface area (Å²) in [6.07, 6.45) is -8.65. The number of ether oxygens (including phenoxy) is 6. The number of nitrogens with zero attached hydrogens (tertiary/aromatic N) is 1.